The molecule has 2 atom stereocenters. The molecule has 8 heteroatoms. The zero-order valence-electron chi connectivity index (χ0n) is 10.8. The standard InChI is InChI=1S/C11H16N4O4/c1-7-4-3-5-14(9(7)11(16)17)10-8(15(18)19)6-13(2)12-10/h6-7,9H,3-5H2,1-2H3,(H,16,17). The fraction of sp³-hybridized carbons (Fsp3) is 0.636. The number of piperidine rings is 1. The minimum absolute atomic E-state index is 0.0622. The van der Waals surface area contributed by atoms with Crippen molar-refractivity contribution in [2.24, 2.45) is 13.0 Å². The van der Waals surface area contributed by atoms with Gasteiger partial charge in [0.05, 0.1) is 4.92 Å². The van der Waals surface area contributed by atoms with E-state index in [0.717, 1.165) is 12.8 Å². The molecule has 2 rings (SSSR count). The van der Waals surface area contributed by atoms with Crippen LogP contribution in [0.1, 0.15) is 19.8 Å². The van der Waals surface area contributed by atoms with Crippen LogP contribution in [-0.2, 0) is 11.8 Å². The lowest BCUT2D eigenvalue weighted by Crippen LogP contribution is -2.49. The number of carboxylic acids is 1. The number of nitro groups is 1. The van der Waals surface area contributed by atoms with Crippen LogP contribution in [0.15, 0.2) is 6.20 Å². The molecular weight excluding hydrogens is 252 g/mol. The lowest BCUT2D eigenvalue weighted by Gasteiger charge is -2.36. The number of carboxylic acid groups (broad SMARTS) is 1. The van der Waals surface area contributed by atoms with Gasteiger partial charge in [-0.2, -0.15) is 0 Å². The summed E-state index contributed by atoms with van der Waals surface area (Å²) >= 11 is 0. The van der Waals surface area contributed by atoms with Gasteiger partial charge < -0.3 is 10.0 Å². The summed E-state index contributed by atoms with van der Waals surface area (Å²) < 4.78 is 1.34. The van der Waals surface area contributed by atoms with Crippen LogP contribution in [0, 0.1) is 16.0 Å². The molecule has 0 spiro atoms. The molecular formula is C11H16N4O4. The van der Waals surface area contributed by atoms with Crippen molar-refractivity contribution in [2.75, 3.05) is 11.4 Å². The number of aliphatic carboxylic acids is 1. The van der Waals surface area contributed by atoms with E-state index in [1.54, 1.807) is 7.05 Å². The Hall–Kier alpha value is -2.12. The quantitative estimate of drug-likeness (QED) is 0.648. The second kappa shape index (κ2) is 4.87. The number of hydrogen-bond donors (Lipinski definition) is 1. The van der Waals surface area contributed by atoms with Gasteiger partial charge in [0.25, 0.3) is 0 Å². The topological polar surface area (TPSA) is 102 Å². The summed E-state index contributed by atoms with van der Waals surface area (Å²) in [6.45, 7) is 2.32. The van der Waals surface area contributed by atoms with Crippen molar-refractivity contribution in [1.29, 1.82) is 0 Å². The van der Waals surface area contributed by atoms with Gasteiger partial charge in [0.1, 0.15) is 12.2 Å². The predicted octanol–water partition coefficient (Wildman–Crippen LogP) is 1.02. The molecule has 19 heavy (non-hydrogen) atoms. The maximum atomic E-state index is 11.4. The van der Waals surface area contributed by atoms with E-state index in [9.17, 15) is 20.0 Å². The van der Waals surface area contributed by atoms with Crippen LogP contribution >= 0.6 is 0 Å². The molecule has 8 nitrogen and oxygen atoms in total. The third kappa shape index (κ3) is 2.38. The Morgan fingerprint density at radius 1 is 1.63 bits per heavy atom. The summed E-state index contributed by atoms with van der Waals surface area (Å²) in [5.74, 6) is -0.883. The molecule has 1 saturated heterocycles. The minimum atomic E-state index is -0.966. The zero-order valence-corrected chi connectivity index (χ0v) is 10.8. The van der Waals surface area contributed by atoms with Crippen molar-refractivity contribution < 1.29 is 14.8 Å². The van der Waals surface area contributed by atoms with Crippen molar-refractivity contribution in [3.05, 3.63) is 16.3 Å². The maximum absolute atomic E-state index is 11.4. The summed E-state index contributed by atoms with van der Waals surface area (Å²) in [7, 11) is 1.58. The van der Waals surface area contributed by atoms with E-state index in [0.29, 0.717) is 6.54 Å². The Labute approximate surface area is 109 Å². The summed E-state index contributed by atoms with van der Waals surface area (Å²) in [5, 5.41) is 24.4. The van der Waals surface area contributed by atoms with E-state index < -0.39 is 16.9 Å². The van der Waals surface area contributed by atoms with Crippen molar-refractivity contribution >= 4 is 17.5 Å². The van der Waals surface area contributed by atoms with Crippen LogP contribution in [-0.4, -0.2) is 38.4 Å². The van der Waals surface area contributed by atoms with Crippen molar-refractivity contribution in [2.45, 2.75) is 25.8 Å². The maximum Gasteiger partial charge on any atom is 0.330 e. The third-order valence-corrected chi connectivity index (χ3v) is 3.45. The summed E-state index contributed by atoms with van der Waals surface area (Å²) in [6.07, 6.45) is 2.90. The Kier molecular flexibility index (Phi) is 3.41. The predicted molar refractivity (Wildman–Crippen MR) is 67.0 cm³/mol. The highest BCUT2D eigenvalue weighted by Crippen LogP contribution is 2.33. The van der Waals surface area contributed by atoms with Crippen LogP contribution in [0.5, 0.6) is 0 Å². The Bertz CT molecular complexity index is 513. The average Bonchev–Trinajstić information content (AvgIpc) is 2.70. The fourth-order valence-corrected chi connectivity index (χ4v) is 2.60. The molecule has 0 bridgehead atoms. The first-order chi connectivity index (χ1) is 8.91. The van der Waals surface area contributed by atoms with E-state index in [1.807, 2.05) is 6.92 Å². The molecule has 104 valence electrons. The summed E-state index contributed by atoms with van der Waals surface area (Å²) in [5.41, 5.74) is -0.150. The normalized spacial score (nSPS) is 23.4. The molecule has 1 aromatic heterocycles. The monoisotopic (exact) mass is 268 g/mol. The van der Waals surface area contributed by atoms with Gasteiger partial charge in [0.15, 0.2) is 0 Å². The van der Waals surface area contributed by atoms with E-state index >= 15 is 0 Å². The van der Waals surface area contributed by atoms with Gasteiger partial charge in [0, 0.05) is 13.6 Å². The molecule has 0 aliphatic carbocycles. The number of rotatable bonds is 3. The van der Waals surface area contributed by atoms with Crippen molar-refractivity contribution in [1.82, 2.24) is 9.78 Å². The van der Waals surface area contributed by atoms with Crippen molar-refractivity contribution in [3.8, 4) is 0 Å². The molecule has 1 aliphatic heterocycles. The van der Waals surface area contributed by atoms with Gasteiger partial charge in [-0.25, -0.2) is 4.79 Å². The number of anilines is 1. The summed E-state index contributed by atoms with van der Waals surface area (Å²) in [4.78, 5) is 23.4. The summed E-state index contributed by atoms with van der Waals surface area (Å²) in [6, 6.07) is -0.762. The first-order valence-corrected chi connectivity index (χ1v) is 6.09. The van der Waals surface area contributed by atoms with Crippen LogP contribution in [0.3, 0.4) is 0 Å². The van der Waals surface area contributed by atoms with Crippen molar-refractivity contribution in [3.63, 3.8) is 0 Å². The smallest absolute Gasteiger partial charge is 0.330 e. The van der Waals surface area contributed by atoms with Gasteiger partial charge in [-0.15, -0.1) is 5.10 Å². The fourth-order valence-electron chi connectivity index (χ4n) is 2.60. The molecule has 2 unspecified atom stereocenters. The molecule has 0 amide bonds. The van der Waals surface area contributed by atoms with Gasteiger partial charge in [-0.3, -0.25) is 14.8 Å². The zero-order chi connectivity index (χ0) is 14.2. The molecule has 0 saturated carbocycles. The highest BCUT2D eigenvalue weighted by molar-refractivity contribution is 5.79. The lowest BCUT2D eigenvalue weighted by atomic mass is 9.91. The Balaban J connectivity index is 2.43. The van der Waals surface area contributed by atoms with Gasteiger partial charge >= 0.3 is 11.7 Å². The SMILES string of the molecule is CC1CCCN(c2nn(C)cc2[N+](=O)[O-])C1C(=O)O. The molecule has 1 aromatic rings. The minimum Gasteiger partial charge on any atom is -0.480 e. The second-order valence-electron chi connectivity index (χ2n) is 4.86. The molecule has 1 N–H and O–H groups in total. The molecule has 1 aliphatic rings. The van der Waals surface area contributed by atoms with E-state index in [2.05, 4.69) is 5.10 Å². The van der Waals surface area contributed by atoms with Crippen LogP contribution < -0.4 is 4.90 Å². The number of nitrogens with zero attached hydrogens (tertiary/aromatic N) is 4. The Morgan fingerprint density at radius 3 is 2.89 bits per heavy atom. The van der Waals surface area contributed by atoms with Crippen LogP contribution in [0.25, 0.3) is 0 Å². The number of carbonyl (C=O) groups is 1. The van der Waals surface area contributed by atoms with Gasteiger partial charge in [-0.05, 0) is 18.8 Å². The first-order valence-electron chi connectivity index (χ1n) is 6.09. The lowest BCUT2D eigenvalue weighted by molar-refractivity contribution is -0.384. The number of hydrogen-bond acceptors (Lipinski definition) is 5. The molecule has 1 fully saturated rings. The van der Waals surface area contributed by atoms with E-state index in [1.165, 1.54) is 15.8 Å². The van der Waals surface area contributed by atoms with Crippen LogP contribution in [0.2, 0.25) is 0 Å². The molecule has 0 radical (unpaired) electrons. The van der Waals surface area contributed by atoms with Crippen LogP contribution in [0.4, 0.5) is 11.5 Å². The van der Waals surface area contributed by atoms with E-state index in [4.69, 9.17) is 0 Å². The van der Waals surface area contributed by atoms with Gasteiger partial charge in [0.2, 0.25) is 5.82 Å². The molecule has 0 aromatic carbocycles. The third-order valence-electron chi connectivity index (χ3n) is 3.45. The first kappa shape index (κ1) is 13.3. The van der Waals surface area contributed by atoms with E-state index in [-0.39, 0.29) is 17.4 Å². The largest absolute Gasteiger partial charge is 0.480 e. The van der Waals surface area contributed by atoms with Gasteiger partial charge in [-0.1, -0.05) is 6.92 Å². The average molecular weight is 268 g/mol. The number of aryl methyl sites for hydroxylation is 1. The number of aromatic nitrogens is 2. The highest BCUT2D eigenvalue weighted by Gasteiger charge is 2.38. The second-order valence-corrected chi connectivity index (χ2v) is 4.86. The molecule has 2 heterocycles. The Morgan fingerprint density at radius 2 is 2.32 bits per heavy atom. The highest BCUT2D eigenvalue weighted by atomic mass is 16.6.